The Morgan fingerprint density at radius 3 is 3.20 bits per heavy atom. The highest BCUT2D eigenvalue weighted by molar-refractivity contribution is 5.93. The lowest BCUT2D eigenvalue weighted by Gasteiger charge is -2.23. The van der Waals surface area contributed by atoms with Gasteiger partial charge in [-0.15, -0.1) is 0 Å². The van der Waals surface area contributed by atoms with Gasteiger partial charge >= 0.3 is 0 Å². The van der Waals surface area contributed by atoms with Gasteiger partial charge in [0.15, 0.2) is 0 Å². The molecule has 0 aromatic carbocycles. The Morgan fingerprint density at radius 1 is 1.60 bits per heavy atom. The van der Waals surface area contributed by atoms with Crippen molar-refractivity contribution in [1.82, 2.24) is 10.6 Å². The lowest BCUT2D eigenvalue weighted by atomic mass is 10.1. The minimum atomic E-state index is -0.0591. The average Bonchev–Trinajstić information content (AvgIpc) is 2.81. The first-order valence-electron chi connectivity index (χ1n) is 5.40. The van der Waals surface area contributed by atoms with Crippen molar-refractivity contribution in [3.63, 3.8) is 0 Å². The smallest absolute Gasteiger partial charge is 0.254 e. The van der Waals surface area contributed by atoms with Crippen LogP contribution in [0.1, 0.15) is 29.6 Å². The van der Waals surface area contributed by atoms with Crippen molar-refractivity contribution in [3.05, 3.63) is 24.2 Å². The van der Waals surface area contributed by atoms with E-state index >= 15 is 0 Å². The zero-order valence-corrected chi connectivity index (χ0v) is 8.66. The average molecular weight is 208 g/mol. The quantitative estimate of drug-likeness (QED) is 0.783. The van der Waals surface area contributed by atoms with Gasteiger partial charge in [0.2, 0.25) is 0 Å². The highest BCUT2D eigenvalue weighted by atomic mass is 16.3. The maximum absolute atomic E-state index is 11.5. The fraction of sp³-hybridized carbons (Fsp3) is 0.545. The van der Waals surface area contributed by atoms with Crippen LogP contribution in [-0.2, 0) is 0 Å². The Balaban J connectivity index is 1.75. The molecule has 1 saturated heterocycles. The first-order valence-corrected chi connectivity index (χ1v) is 5.40. The molecule has 4 heteroatoms. The summed E-state index contributed by atoms with van der Waals surface area (Å²) in [6, 6.07) is 2.10. The van der Waals surface area contributed by atoms with Crippen LogP contribution in [0, 0.1) is 0 Å². The summed E-state index contributed by atoms with van der Waals surface area (Å²) in [6.45, 7) is 1.76. The Morgan fingerprint density at radius 2 is 2.53 bits per heavy atom. The van der Waals surface area contributed by atoms with E-state index in [-0.39, 0.29) is 5.91 Å². The van der Waals surface area contributed by atoms with Gasteiger partial charge in [0.1, 0.15) is 6.26 Å². The standard InChI is InChI=1S/C11H16N2O2/c14-11(9-4-6-15-8-9)13-7-10-3-1-2-5-12-10/h4,6,8,10,12H,1-3,5,7H2,(H,13,14). The number of rotatable bonds is 3. The van der Waals surface area contributed by atoms with Crippen molar-refractivity contribution in [3.8, 4) is 0 Å². The number of nitrogens with one attached hydrogen (secondary N) is 2. The topological polar surface area (TPSA) is 54.3 Å². The largest absolute Gasteiger partial charge is 0.472 e. The zero-order chi connectivity index (χ0) is 10.5. The van der Waals surface area contributed by atoms with Crippen molar-refractivity contribution in [2.24, 2.45) is 0 Å². The van der Waals surface area contributed by atoms with E-state index in [0.717, 1.165) is 13.0 Å². The number of hydrogen-bond donors (Lipinski definition) is 2. The van der Waals surface area contributed by atoms with Crippen LogP contribution < -0.4 is 10.6 Å². The van der Waals surface area contributed by atoms with Gasteiger partial charge in [0.25, 0.3) is 5.91 Å². The maximum atomic E-state index is 11.5. The molecule has 1 fully saturated rings. The monoisotopic (exact) mass is 208 g/mol. The van der Waals surface area contributed by atoms with E-state index in [1.54, 1.807) is 6.07 Å². The molecule has 2 N–H and O–H groups in total. The van der Waals surface area contributed by atoms with Gasteiger partial charge in [0.05, 0.1) is 11.8 Å². The fourth-order valence-electron chi connectivity index (χ4n) is 1.81. The normalized spacial score (nSPS) is 21.2. The highest BCUT2D eigenvalue weighted by Gasteiger charge is 2.14. The molecule has 0 radical (unpaired) electrons. The number of furan rings is 1. The number of amides is 1. The summed E-state index contributed by atoms with van der Waals surface area (Å²) in [7, 11) is 0. The predicted octanol–water partition coefficient (Wildman–Crippen LogP) is 1.15. The molecule has 82 valence electrons. The van der Waals surface area contributed by atoms with Gasteiger partial charge in [0, 0.05) is 12.6 Å². The predicted molar refractivity (Wildman–Crippen MR) is 56.7 cm³/mol. The molecule has 1 amide bonds. The summed E-state index contributed by atoms with van der Waals surface area (Å²) in [5, 5.41) is 6.27. The van der Waals surface area contributed by atoms with Crippen molar-refractivity contribution in [1.29, 1.82) is 0 Å². The maximum Gasteiger partial charge on any atom is 0.254 e. The van der Waals surface area contributed by atoms with Gasteiger partial charge < -0.3 is 15.1 Å². The van der Waals surface area contributed by atoms with Gasteiger partial charge in [-0.25, -0.2) is 0 Å². The second-order valence-corrected chi connectivity index (χ2v) is 3.87. The molecule has 0 spiro atoms. The first kappa shape index (κ1) is 10.2. The Hall–Kier alpha value is -1.29. The van der Waals surface area contributed by atoms with Crippen molar-refractivity contribution < 1.29 is 9.21 Å². The third kappa shape index (κ3) is 2.83. The van der Waals surface area contributed by atoms with Crippen molar-refractivity contribution in [2.75, 3.05) is 13.1 Å². The minimum absolute atomic E-state index is 0.0591. The molecule has 1 aromatic heterocycles. The van der Waals surface area contributed by atoms with E-state index in [0.29, 0.717) is 18.2 Å². The number of carbonyl (C=O) groups is 1. The van der Waals surface area contributed by atoms with E-state index in [4.69, 9.17) is 4.42 Å². The van der Waals surface area contributed by atoms with Crippen LogP contribution in [0.2, 0.25) is 0 Å². The number of piperidine rings is 1. The molecule has 1 aromatic rings. The molecule has 4 nitrogen and oxygen atoms in total. The summed E-state index contributed by atoms with van der Waals surface area (Å²) in [6.07, 6.45) is 6.61. The number of carbonyl (C=O) groups excluding carboxylic acids is 1. The molecule has 2 heterocycles. The van der Waals surface area contributed by atoms with Gasteiger partial charge in [-0.2, -0.15) is 0 Å². The van der Waals surface area contributed by atoms with Crippen molar-refractivity contribution in [2.45, 2.75) is 25.3 Å². The van der Waals surface area contributed by atoms with E-state index in [2.05, 4.69) is 10.6 Å². The van der Waals surface area contributed by atoms with E-state index in [1.165, 1.54) is 25.4 Å². The molecule has 1 atom stereocenters. The highest BCUT2D eigenvalue weighted by Crippen LogP contribution is 2.06. The molecule has 2 rings (SSSR count). The lowest BCUT2D eigenvalue weighted by molar-refractivity contribution is 0.0947. The second-order valence-electron chi connectivity index (χ2n) is 3.87. The summed E-state index contributed by atoms with van der Waals surface area (Å²) >= 11 is 0. The van der Waals surface area contributed by atoms with E-state index in [1.807, 2.05) is 0 Å². The van der Waals surface area contributed by atoms with Crippen LogP contribution in [0.5, 0.6) is 0 Å². The Labute approximate surface area is 89.0 Å². The fourth-order valence-corrected chi connectivity index (χ4v) is 1.81. The SMILES string of the molecule is O=C(NCC1CCCCN1)c1ccoc1. The van der Waals surface area contributed by atoms with Crippen molar-refractivity contribution >= 4 is 5.91 Å². The van der Waals surface area contributed by atoms with Crippen LogP contribution in [0.3, 0.4) is 0 Å². The molecule has 1 aliphatic rings. The van der Waals surface area contributed by atoms with Gasteiger partial charge in [-0.3, -0.25) is 4.79 Å². The molecule has 1 aliphatic heterocycles. The van der Waals surface area contributed by atoms with Crippen LogP contribution in [-0.4, -0.2) is 25.0 Å². The van der Waals surface area contributed by atoms with Crippen LogP contribution >= 0.6 is 0 Å². The first-order chi connectivity index (χ1) is 7.36. The van der Waals surface area contributed by atoms with Crippen LogP contribution in [0.25, 0.3) is 0 Å². The number of hydrogen-bond acceptors (Lipinski definition) is 3. The lowest BCUT2D eigenvalue weighted by Crippen LogP contribution is -2.43. The van der Waals surface area contributed by atoms with Gasteiger partial charge in [-0.1, -0.05) is 6.42 Å². The zero-order valence-electron chi connectivity index (χ0n) is 8.66. The summed E-state index contributed by atoms with van der Waals surface area (Å²) in [5.41, 5.74) is 0.589. The summed E-state index contributed by atoms with van der Waals surface area (Å²) < 4.78 is 4.85. The Bertz CT molecular complexity index is 302. The molecule has 1 unspecified atom stereocenters. The minimum Gasteiger partial charge on any atom is -0.472 e. The van der Waals surface area contributed by atoms with E-state index < -0.39 is 0 Å². The molecular formula is C11H16N2O2. The van der Waals surface area contributed by atoms with Crippen LogP contribution in [0.15, 0.2) is 23.0 Å². The molecular weight excluding hydrogens is 192 g/mol. The molecule has 0 saturated carbocycles. The third-order valence-electron chi connectivity index (χ3n) is 2.70. The second kappa shape index (κ2) is 4.98. The van der Waals surface area contributed by atoms with E-state index in [9.17, 15) is 4.79 Å². The van der Waals surface area contributed by atoms with Crippen LogP contribution in [0.4, 0.5) is 0 Å². The Kier molecular flexibility index (Phi) is 3.40. The molecule has 0 aliphatic carbocycles. The van der Waals surface area contributed by atoms with Gasteiger partial charge in [-0.05, 0) is 25.5 Å². The summed E-state index contributed by atoms with van der Waals surface area (Å²) in [5.74, 6) is -0.0591. The summed E-state index contributed by atoms with van der Waals surface area (Å²) in [4.78, 5) is 11.5. The third-order valence-corrected chi connectivity index (χ3v) is 2.70. The molecule has 0 bridgehead atoms. The molecule has 15 heavy (non-hydrogen) atoms.